The fourth-order valence-electron chi connectivity index (χ4n) is 2.79. The van der Waals surface area contributed by atoms with E-state index in [1.807, 2.05) is 26.0 Å². The van der Waals surface area contributed by atoms with Gasteiger partial charge in [0.05, 0.1) is 0 Å². The summed E-state index contributed by atoms with van der Waals surface area (Å²) in [5, 5.41) is 8.33. The van der Waals surface area contributed by atoms with E-state index in [1.165, 1.54) is 24.1 Å². The average molecular weight is 332 g/mol. The van der Waals surface area contributed by atoms with Gasteiger partial charge in [-0.2, -0.15) is 0 Å². The molecule has 1 aromatic carbocycles. The minimum absolute atomic E-state index is 0.00895. The quantitative estimate of drug-likeness (QED) is 0.701. The lowest BCUT2D eigenvalue weighted by atomic mass is 10.1. The van der Waals surface area contributed by atoms with E-state index in [2.05, 4.69) is 33.8 Å². The van der Waals surface area contributed by atoms with Gasteiger partial charge in [-0.3, -0.25) is 4.79 Å². The number of rotatable bonds is 6. The van der Waals surface area contributed by atoms with E-state index in [1.54, 1.807) is 0 Å². The lowest BCUT2D eigenvalue weighted by molar-refractivity contribution is -0.123. The zero-order valence-electron chi connectivity index (χ0n) is 14.8. The van der Waals surface area contributed by atoms with Gasteiger partial charge in [-0.25, -0.2) is 4.79 Å². The van der Waals surface area contributed by atoms with Crippen molar-refractivity contribution in [3.63, 3.8) is 0 Å². The third-order valence-corrected chi connectivity index (χ3v) is 4.14. The summed E-state index contributed by atoms with van der Waals surface area (Å²) < 4.78 is 0. The summed E-state index contributed by atoms with van der Waals surface area (Å²) in [4.78, 5) is 25.7. The Morgan fingerprint density at radius 1 is 1.12 bits per heavy atom. The van der Waals surface area contributed by atoms with Gasteiger partial charge in [-0.1, -0.05) is 13.8 Å². The number of hydrogen-bond donors (Lipinski definition) is 3. The van der Waals surface area contributed by atoms with Crippen LogP contribution in [0, 0.1) is 12.8 Å². The molecule has 1 heterocycles. The van der Waals surface area contributed by atoms with Crippen LogP contribution in [0.25, 0.3) is 0 Å². The summed E-state index contributed by atoms with van der Waals surface area (Å²) in [5.41, 5.74) is 3.19. The van der Waals surface area contributed by atoms with E-state index in [4.69, 9.17) is 0 Å². The number of carbonyl (C=O) groups excluding carboxylic acids is 2. The zero-order chi connectivity index (χ0) is 17.5. The summed E-state index contributed by atoms with van der Waals surface area (Å²) in [6.45, 7) is 8.78. The maximum Gasteiger partial charge on any atom is 0.319 e. The molecule has 0 bridgehead atoms. The van der Waals surface area contributed by atoms with Gasteiger partial charge in [0, 0.05) is 43.5 Å². The number of nitrogens with zero attached hydrogens (tertiary/aromatic N) is 1. The van der Waals surface area contributed by atoms with Gasteiger partial charge in [-0.05, 0) is 43.5 Å². The fraction of sp³-hybridized carbons (Fsp3) is 0.556. The molecule has 0 saturated carbocycles. The zero-order valence-corrected chi connectivity index (χ0v) is 14.8. The van der Waals surface area contributed by atoms with Crippen molar-refractivity contribution in [2.45, 2.75) is 33.6 Å². The number of carbonyl (C=O) groups is 2. The second kappa shape index (κ2) is 8.57. The Morgan fingerprint density at radius 2 is 1.79 bits per heavy atom. The predicted octanol–water partition coefficient (Wildman–Crippen LogP) is 2.49. The molecule has 3 amide bonds. The topological polar surface area (TPSA) is 73.5 Å². The summed E-state index contributed by atoms with van der Waals surface area (Å²) in [5.74, 6) is -0.0544. The Bertz CT molecular complexity index is 580. The molecule has 6 heteroatoms. The van der Waals surface area contributed by atoms with Crippen molar-refractivity contribution in [3.8, 4) is 0 Å². The number of amides is 3. The third-order valence-electron chi connectivity index (χ3n) is 4.14. The number of nitrogens with one attached hydrogen (secondary N) is 3. The van der Waals surface area contributed by atoms with Gasteiger partial charge in [0.1, 0.15) is 0 Å². The van der Waals surface area contributed by atoms with Crippen molar-refractivity contribution in [1.82, 2.24) is 10.6 Å². The van der Waals surface area contributed by atoms with Crippen molar-refractivity contribution in [1.29, 1.82) is 0 Å². The predicted molar refractivity (Wildman–Crippen MR) is 97.5 cm³/mol. The minimum Gasteiger partial charge on any atom is -0.371 e. The monoisotopic (exact) mass is 332 g/mol. The Morgan fingerprint density at radius 3 is 2.42 bits per heavy atom. The molecule has 3 N–H and O–H groups in total. The Kier molecular flexibility index (Phi) is 6.46. The van der Waals surface area contributed by atoms with E-state index in [0.717, 1.165) is 18.8 Å². The smallest absolute Gasteiger partial charge is 0.319 e. The van der Waals surface area contributed by atoms with Gasteiger partial charge in [0.2, 0.25) is 5.91 Å². The number of hydrogen-bond acceptors (Lipinski definition) is 3. The molecule has 0 aromatic heterocycles. The van der Waals surface area contributed by atoms with Gasteiger partial charge in [0.25, 0.3) is 0 Å². The van der Waals surface area contributed by atoms with Crippen LogP contribution in [-0.4, -0.2) is 38.1 Å². The second-order valence-electron chi connectivity index (χ2n) is 6.52. The first-order chi connectivity index (χ1) is 11.5. The Labute approximate surface area is 144 Å². The van der Waals surface area contributed by atoms with E-state index < -0.39 is 0 Å². The molecule has 0 atom stereocenters. The highest BCUT2D eigenvalue weighted by molar-refractivity contribution is 5.89. The molecule has 1 aliphatic rings. The lowest BCUT2D eigenvalue weighted by Crippen LogP contribution is -2.38. The van der Waals surface area contributed by atoms with Crippen LogP contribution in [0.2, 0.25) is 0 Å². The molecule has 132 valence electrons. The summed E-state index contributed by atoms with van der Waals surface area (Å²) >= 11 is 0. The molecular formula is C18H28N4O2. The molecule has 24 heavy (non-hydrogen) atoms. The van der Waals surface area contributed by atoms with Crippen LogP contribution >= 0.6 is 0 Å². The summed E-state index contributed by atoms with van der Waals surface area (Å²) in [6, 6.07) is 5.73. The van der Waals surface area contributed by atoms with Gasteiger partial charge in [-0.15, -0.1) is 0 Å². The fourth-order valence-corrected chi connectivity index (χ4v) is 2.79. The Hall–Kier alpha value is -2.24. The summed E-state index contributed by atoms with van der Waals surface area (Å²) in [7, 11) is 0. The van der Waals surface area contributed by atoms with Crippen LogP contribution in [-0.2, 0) is 4.79 Å². The van der Waals surface area contributed by atoms with Crippen LogP contribution in [0.15, 0.2) is 18.2 Å². The molecule has 0 aliphatic carbocycles. The minimum atomic E-state index is -0.262. The lowest BCUT2D eigenvalue weighted by Gasteiger charge is -2.20. The molecule has 1 aromatic rings. The molecule has 1 aliphatic heterocycles. The highest BCUT2D eigenvalue weighted by Gasteiger charge is 2.14. The normalized spacial score (nSPS) is 13.9. The maximum absolute atomic E-state index is 11.9. The highest BCUT2D eigenvalue weighted by Crippen LogP contribution is 2.26. The SMILES string of the molecule is Cc1cc(NC(=O)NCCNC(=O)C(C)C)ccc1N1CCCC1. The first kappa shape index (κ1) is 18.1. The van der Waals surface area contributed by atoms with E-state index in [-0.39, 0.29) is 17.9 Å². The van der Waals surface area contributed by atoms with Gasteiger partial charge < -0.3 is 20.9 Å². The average Bonchev–Trinajstić information content (AvgIpc) is 3.05. The summed E-state index contributed by atoms with van der Waals surface area (Å²) in [6.07, 6.45) is 2.49. The number of anilines is 2. The van der Waals surface area contributed by atoms with Crippen LogP contribution in [0.4, 0.5) is 16.2 Å². The third kappa shape index (κ3) is 5.15. The highest BCUT2D eigenvalue weighted by atomic mass is 16.2. The number of urea groups is 1. The van der Waals surface area contributed by atoms with Crippen molar-refractivity contribution >= 4 is 23.3 Å². The number of aryl methyl sites for hydroxylation is 1. The second-order valence-corrected chi connectivity index (χ2v) is 6.52. The van der Waals surface area contributed by atoms with Gasteiger partial charge >= 0.3 is 6.03 Å². The molecule has 1 saturated heterocycles. The van der Waals surface area contributed by atoms with Gasteiger partial charge in [0.15, 0.2) is 0 Å². The Balaban J connectivity index is 1.77. The van der Waals surface area contributed by atoms with Crippen LogP contribution in [0.5, 0.6) is 0 Å². The van der Waals surface area contributed by atoms with Crippen LogP contribution < -0.4 is 20.9 Å². The van der Waals surface area contributed by atoms with Crippen LogP contribution in [0.3, 0.4) is 0 Å². The standard InChI is InChI=1S/C18H28N4O2/c1-13(2)17(23)19-8-9-20-18(24)21-15-6-7-16(14(3)12-15)22-10-4-5-11-22/h6-7,12-13H,4-5,8-11H2,1-3H3,(H,19,23)(H2,20,21,24). The van der Waals surface area contributed by atoms with Crippen molar-refractivity contribution in [3.05, 3.63) is 23.8 Å². The molecule has 0 unspecified atom stereocenters. The molecular weight excluding hydrogens is 304 g/mol. The van der Waals surface area contributed by atoms with E-state index >= 15 is 0 Å². The molecule has 0 radical (unpaired) electrons. The first-order valence-electron chi connectivity index (χ1n) is 8.65. The largest absolute Gasteiger partial charge is 0.371 e. The number of benzene rings is 1. The van der Waals surface area contributed by atoms with Crippen LogP contribution in [0.1, 0.15) is 32.3 Å². The van der Waals surface area contributed by atoms with Crippen molar-refractivity contribution in [2.24, 2.45) is 5.92 Å². The van der Waals surface area contributed by atoms with E-state index in [0.29, 0.717) is 13.1 Å². The van der Waals surface area contributed by atoms with Crippen molar-refractivity contribution < 1.29 is 9.59 Å². The molecule has 0 spiro atoms. The first-order valence-corrected chi connectivity index (χ1v) is 8.65. The van der Waals surface area contributed by atoms with E-state index in [9.17, 15) is 9.59 Å². The molecule has 1 fully saturated rings. The van der Waals surface area contributed by atoms with Crippen molar-refractivity contribution in [2.75, 3.05) is 36.4 Å². The maximum atomic E-state index is 11.9. The molecule has 6 nitrogen and oxygen atoms in total. The molecule has 2 rings (SSSR count).